The second kappa shape index (κ2) is 4.59. The van der Waals surface area contributed by atoms with Crippen molar-refractivity contribution in [1.29, 1.82) is 0 Å². The molecule has 1 aromatic heterocycles. The Kier molecular flexibility index (Phi) is 2.91. The van der Waals surface area contributed by atoms with Crippen molar-refractivity contribution in [1.82, 2.24) is 9.55 Å². The minimum Gasteiger partial charge on any atom is -0.369 e. The molecule has 0 aliphatic carbocycles. The van der Waals surface area contributed by atoms with Crippen LogP contribution in [0.3, 0.4) is 0 Å². The zero-order valence-corrected chi connectivity index (χ0v) is 11.4. The number of hydrogen-bond acceptors (Lipinski definition) is 2. The van der Waals surface area contributed by atoms with Crippen molar-refractivity contribution in [2.24, 2.45) is 0 Å². The zero-order chi connectivity index (χ0) is 13.4. The highest BCUT2D eigenvalue weighted by atomic mass is 35.5. The van der Waals surface area contributed by atoms with E-state index in [4.69, 9.17) is 17.3 Å². The van der Waals surface area contributed by atoms with Gasteiger partial charge in [-0.1, -0.05) is 41.4 Å². The van der Waals surface area contributed by atoms with Crippen LogP contribution in [-0.4, -0.2) is 9.55 Å². The lowest BCUT2D eigenvalue weighted by Gasteiger charge is -2.07. The van der Waals surface area contributed by atoms with Crippen LogP contribution in [0.1, 0.15) is 11.1 Å². The number of aromatic nitrogens is 2. The topological polar surface area (TPSA) is 43.8 Å². The van der Waals surface area contributed by atoms with Gasteiger partial charge in [0.05, 0.1) is 17.6 Å². The number of aryl methyl sites for hydroxylation is 1. The van der Waals surface area contributed by atoms with Crippen LogP contribution in [0.25, 0.3) is 11.0 Å². The fourth-order valence-electron chi connectivity index (χ4n) is 2.28. The number of hydrogen-bond donors (Lipinski definition) is 1. The van der Waals surface area contributed by atoms with Gasteiger partial charge in [-0.3, -0.25) is 0 Å². The maximum atomic E-state index is 6.00. The summed E-state index contributed by atoms with van der Waals surface area (Å²) in [5, 5.41) is 0.674. The highest BCUT2D eigenvalue weighted by molar-refractivity contribution is 6.31. The van der Waals surface area contributed by atoms with Gasteiger partial charge in [0.15, 0.2) is 0 Å². The summed E-state index contributed by atoms with van der Waals surface area (Å²) in [5.41, 5.74) is 10.3. The number of anilines is 1. The van der Waals surface area contributed by atoms with Crippen molar-refractivity contribution in [3.8, 4) is 0 Å². The van der Waals surface area contributed by atoms with Crippen LogP contribution < -0.4 is 5.73 Å². The molecule has 4 heteroatoms. The quantitative estimate of drug-likeness (QED) is 0.773. The Morgan fingerprint density at radius 1 is 1.21 bits per heavy atom. The molecule has 2 N–H and O–H groups in total. The molecule has 3 aromatic rings. The molecule has 96 valence electrons. The summed E-state index contributed by atoms with van der Waals surface area (Å²) >= 11 is 5.97. The number of nitrogens with two attached hydrogens (primary N) is 1. The third kappa shape index (κ3) is 2.29. The van der Waals surface area contributed by atoms with E-state index >= 15 is 0 Å². The van der Waals surface area contributed by atoms with Crippen molar-refractivity contribution >= 4 is 28.6 Å². The van der Waals surface area contributed by atoms with Crippen molar-refractivity contribution in [2.75, 3.05) is 5.73 Å². The van der Waals surface area contributed by atoms with Gasteiger partial charge >= 0.3 is 0 Å². The van der Waals surface area contributed by atoms with Crippen LogP contribution in [0, 0.1) is 6.92 Å². The van der Waals surface area contributed by atoms with E-state index in [0.29, 0.717) is 17.5 Å². The number of halogens is 1. The van der Waals surface area contributed by atoms with E-state index in [1.54, 1.807) is 0 Å². The van der Waals surface area contributed by atoms with Gasteiger partial charge in [-0.25, -0.2) is 4.98 Å². The van der Waals surface area contributed by atoms with Gasteiger partial charge in [0.2, 0.25) is 5.95 Å². The first-order valence-electron chi connectivity index (χ1n) is 6.10. The van der Waals surface area contributed by atoms with E-state index in [2.05, 4.69) is 36.2 Å². The summed E-state index contributed by atoms with van der Waals surface area (Å²) in [6, 6.07) is 14.0. The van der Waals surface area contributed by atoms with E-state index in [1.807, 2.05) is 22.8 Å². The molecule has 0 bridgehead atoms. The predicted octanol–water partition coefficient (Wildman–Crippen LogP) is 3.63. The zero-order valence-electron chi connectivity index (χ0n) is 10.6. The Morgan fingerprint density at radius 2 is 2.05 bits per heavy atom. The van der Waals surface area contributed by atoms with E-state index < -0.39 is 0 Å². The number of fused-ring (bicyclic) bond motifs is 1. The Balaban J connectivity index is 2.07. The largest absolute Gasteiger partial charge is 0.369 e. The molecular formula is C15H14ClN3. The van der Waals surface area contributed by atoms with Crippen LogP contribution in [0.2, 0.25) is 5.02 Å². The van der Waals surface area contributed by atoms with Crippen LogP contribution in [0.15, 0.2) is 42.5 Å². The normalized spacial score (nSPS) is 11.1. The number of nitrogen functional groups attached to an aromatic ring is 1. The lowest BCUT2D eigenvalue weighted by atomic mass is 10.1. The average molecular weight is 272 g/mol. The summed E-state index contributed by atoms with van der Waals surface area (Å²) in [6.45, 7) is 2.80. The Bertz CT molecular complexity index is 746. The number of imidazole rings is 1. The SMILES string of the molecule is Cc1cccc(Cn2c(N)nc3cc(Cl)ccc32)c1. The van der Waals surface area contributed by atoms with Gasteiger partial charge < -0.3 is 10.3 Å². The first-order chi connectivity index (χ1) is 9.13. The van der Waals surface area contributed by atoms with Crippen molar-refractivity contribution in [2.45, 2.75) is 13.5 Å². The van der Waals surface area contributed by atoms with E-state index in [9.17, 15) is 0 Å². The molecule has 1 heterocycles. The first kappa shape index (κ1) is 12.1. The standard InChI is InChI=1S/C15H14ClN3/c1-10-3-2-4-11(7-10)9-19-14-6-5-12(16)8-13(14)18-15(19)17/h2-8H,9H2,1H3,(H2,17,18). The molecule has 0 atom stereocenters. The maximum absolute atomic E-state index is 6.00. The van der Waals surface area contributed by atoms with Gasteiger partial charge in [-0.2, -0.15) is 0 Å². The van der Waals surface area contributed by atoms with Gasteiger partial charge in [-0.15, -0.1) is 0 Å². The van der Waals surface area contributed by atoms with Gasteiger partial charge in [0.1, 0.15) is 0 Å². The minimum absolute atomic E-state index is 0.513. The fourth-order valence-corrected chi connectivity index (χ4v) is 2.45. The lowest BCUT2D eigenvalue weighted by Crippen LogP contribution is -2.04. The number of nitrogens with zero attached hydrogens (tertiary/aromatic N) is 2. The van der Waals surface area contributed by atoms with E-state index in [0.717, 1.165) is 11.0 Å². The number of rotatable bonds is 2. The molecule has 0 saturated carbocycles. The third-order valence-corrected chi connectivity index (χ3v) is 3.40. The van der Waals surface area contributed by atoms with Gasteiger partial charge in [0.25, 0.3) is 0 Å². The molecule has 0 aliphatic rings. The second-order valence-corrected chi connectivity index (χ2v) is 5.11. The first-order valence-corrected chi connectivity index (χ1v) is 6.48. The maximum Gasteiger partial charge on any atom is 0.201 e. The molecule has 0 radical (unpaired) electrons. The van der Waals surface area contributed by atoms with Crippen LogP contribution in [-0.2, 0) is 6.54 Å². The van der Waals surface area contributed by atoms with E-state index in [1.165, 1.54) is 11.1 Å². The molecule has 0 unspecified atom stereocenters. The van der Waals surface area contributed by atoms with Crippen molar-refractivity contribution < 1.29 is 0 Å². The summed E-state index contributed by atoms with van der Waals surface area (Å²) in [6.07, 6.45) is 0. The van der Waals surface area contributed by atoms with Gasteiger partial charge in [0, 0.05) is 5.02 Å². The third-order valence-electron chi connectivity index (χ3n) is 3.16. The van der Waals surface area contributed by atoms with Crippen molar-refractivity contribution in [3.05, 3.63) is 58.6 Å². The summed E-state index contributed by atoms with van der Waals surface area (Å²) in [7, 11) is 0. The fraction of sp³-hybridized carbons (Fsp3) is 0.133. The Labute approximate surface area is 116 Å². The van der Waals surface area contributed by atoms with Gasteiger partial charge in [-0.05, 0) is 30.7 Å². The molecule has 0 amide bonds. The molecule has 2 aromatic carbocycles. The van der Waals surface area contributed by atoms with Crippen molar-refractivity contribution in [3.63, 3.8) is 0 Å². The highest BCUT2D eigenvalue weighted by Crippen LogP contribution is 2.22. The molecular weight excluding hydrogens is 258 g/mol. The molecule has 3 nitrogen and oxygen atoms in total. The Morgan fingerprint density at radius 3 is 2.84 bits per heavy atom. The summed E-state index contributed by atoms with van der Waals surface area (Å²) in [4.78, 5) is 4.35. The molecule has 0 fully saturated rings. The molecule has 19 heavy (non-hydrogen) atoms. The van der Waals surface area contributed by atoms with E-state index in [-0.39, 0.29) is 0 Å². The predicted molar refractivity (Wildman–Crippen MR) is 79.4 cm³/mol. The molecule has 0 aliphatic heterocycles. The molecule has 0 spiro atoms. The summed E-state index contributed by atoms with van der Waals surface area (Å²) in [5.74, 6) is 0.513. The minimum atomic E-state index is 0.513. The number of benzene rings is 2. The second-order valence-electron chi connectivity index (χ2n) is 4.68. The van der Waals surface area contributed by atoms with Crippen LogP contribution in [0.5, 0.6) is 0 Å². The molecule has 0 saturated heterocycles. The lowest BCUT2D eigenvalue weighted by molar-refractivity contribution is 0.837. The van der Waals surface area contributed by atoms with Crippen LogP contribution in [0.4, 0.5) is 5.95 Å². The van der Waals surface area contributed by atoms with Crippen LogP contribution >= 0.6 is 11.6 Å². The molecule has 3 rings (SSSR count). The monoisotopic (exact) mass is 271 g/mol. The average Bonchev–Trinajstić information content (AvgIpc) is 2.65. The Hall–Kier alpha value is -2.00. The highest BCUT2D eigenvalue weighted by Gasteiger charge is 2.08. The summed E-state index contributed by atoms with van der Waals surface area (Å²) < 4.78 is 2.00. The smallest absolute Gasteiger partial charge is 0.201 e.